The summed E-state index contributed by atoms with van der Waals surface area (Å²) in [6, 6.07) is 26.5. The Morgan fingerprint density at radius 2 is 1.53 bits per heavy atom. The molecular formula is C34H35N5O4. The molecular weight excluding hydrogens is 542 g/mol. The maximum atomic E-state index is 7.09. The molecule has 2 aliphatic rings. The summed E-state index contributed by atoms with van der Waals surface area (Å²) in [5.74, 6) is 2.43. The van der Waals surface area contributed by atoms with Crippen molar-refractivity contribution in [3.8, 4) is 11.5 Å². The van der Waals surface area contributed by atoms with Gasteiger partial charge in [-0.2, -0.15) is 5.10 Å². The first-order valence-electron chi connectivity index (χ1n) is 14.8. The molecule has 0 aliphatic carbocycles. The minimum atomic E-state index is -0.891. The number of aromatic nitrogens is 4. The summed E-state index contributed by atoms with van der Waals surface area (Å²) in [6.45, 7) is 1.27. The van der Waals surface area contributed by atoms with Crippen molar-refractivity contribution >= 4 is 16.9 Å². The summed E-state index contributed by atoms with van der Waals surface area (Å²) in [5, 5.41) is 9.39. The first-order chi connectivity index (χ1) is 21.2. The van der Waals surface area contributed by atoms with Crippen molar-refractivity contribution in [2.24, 2.45) is 0 Å². The Labute approximate surface area is 250 Å². The van der Waals surface area contributed by atoms with Crippen LogP contribution in [0.1, 0.15) is 47.9 Å². The molecule has 1 N–H and O–H groups in total. The van der Waals surface area contributed by atoms with E-state index in [0.29, 0.717) is 6.61 Å². The lowest BCUT2D eigenvalue weighted by molar-refractivity contribution is -0.0782. The average Bonchev–Trinajstić information content (AvgIpc) is 3.63. The second-order valence-electron chi connectivity index (χ2n) is 10.9. The smallest absolute Gasteiger partial charge is 0.166 e. The van der Waals surface area contributed by atoms with Crippen LogP contribution in [0.4, 0.5) is 5.82 Å². The van der Waals surface area contributed by atoms with Gasteiger partial charge in [-0.05, 0) is 66.6 Å². The van der Waals surface area contributed by atoms with Crippen LogP contribution in [-0.2, 0) is 21.5 Å². The molecule has 0 amide bonds. The van der Waals surface area contributed by atoms with Crippen LogP contribution in [0, 0.1) is 0 Å². The first kappa shape index (κ1) is 27.4. The highest BCUT2D eigenvalue weighted by Gasteiger charge is 2.40. The first-order valence-corrected chi connectivity index (χ1v) is 14.8. The Hall–Kier alpha value is -4.47. The van der Waals surface area contributed by atoms with E-state index in [1.807, 2.05) is 47.1 Å². The van der Waals surface area contributed by atoms with E-state index in [4.69, 9.17) is 24.0 Å². The summed E-state index contributed by atoms with van der Waals surface area (Å²) >= 11 is 0. The molecule has 0 bridgehead atoms. The highest BCUT2D eigenvalue weighted by atomic mass is 16.6. The van der Waals surface area contributed by atoms with Gasteiger partial charge in [0.25, 0.3) is 0 Å². The fourth-order valence-electron chi connectivity index (χ4n) is 6.30. The fraction of sp³-hybridized carbons (Fsp3) is 0.324. The number of hydrogen-bond donors (Lipinski definition) is 1. The van der Waals surface area contributed by atoms with E-state index in [1.54, 1.807) is 20.5 Å². The second kappa shape index (κ2) is 11.7. The van der Waals surface area contributed by atoms with E-state index in [1.165, 1.54) is 0 Å². The molecule has 1 saturated heterocycles. The topological polar surface area (TPSA) is 92.6 Å². The van der Waals surface area contributed by atoms with E-state index in [0.717, 1.165) is 83.0 Å². The van der Waals surface area contributed by atoms with Crippen LogP contribution in [0.25, 0.3) is 11.0 Å². The molecule has 4 heterocycles. The summed E-state index contributed by atoms with van der Waals surface area (Å²) in [7, 11) is 3.35. The van der Waals surface area contributed by atoms with Crippen LogP contribution in [0.5, 0.6) is 11.5 Å². The molecule has 2 aromatic heterocycles. The van der Waals surface area contributed by atoms with Gasteiger partial charge in [0.1, 0.15) is 29.2 Å². The van der Waals surface area contributed by atoms with Crippen molar-refractivity contribution < 1.29 is 18.9 Å². The van der Waals surface area contributed by atoms with Gasteiger partial charge >= 0.3 is 0 Å². The van der Waals surface area contributed by atoms with Crippen molar-refractivity contribution in [3.05, 3.63) is 108 Å². The largest absolute Gasteiger partial charge is 0.497 e. The molecule has 2 atom stereocenters. The Bertz CT molecular complexity index is 1640. The zero-order valence-electron chi connectivity index (χ0n) is 24.4. The van der Waals surface area contributed by atoms with Crippen molar-refractivity contribution in [3.63, 3.8) is 0 Å². The summed E-state index contributed by atoms with van der Waals surface area (Å²) in [4.78, 5) is 9.07. The molecule has 220 valence electrons. The van der Waals surface area contributed by atoms with Gasteiger partial charge in [-0.25, -0.2) is 14.6 Å². The molecule has 0 saturated carbocycles. The van der Waals surface area contributed by atoms with Crippen LogP contribution in [0.2, 0.25) is 0 Å². The number of nitrogens with one attached hydrogen (secondary N) is 1. The average molecular weight is 578 g/mol. The van der Waals surface area contributed by atoms with E-state index in [9.17, 15) is 0 Å². The van der Waals surface area contributed by atoms with Gasteiger partial charge in [-0.1, -0.05) is 54.6 Å². The van der Waals surface area contributed by atoms with Crippen molar-refractivity contribution in [1.29, 1.82) is 0 Å². The van der Waals surface area contributed by atoms with E-state index >= 15 is 0 Å². The number of benzene rings is 3. The number of ether oxygens (including phenoxy) is 4. The molecule has 0 spiro atoms. The molecule has 0 unspecified atom stereocenters. The van der Waals surface area contributed by atoms with Gasteiger partial charge in [0, 0.05) is 6.54 Å². The fourth-order valence-corrected chi connectivity index (χ4v) is 6.30. The Kier molecular flexibility index (Phi) is 7.42. The normalized spacial score (nSPS) is 18.3. The van der Waals surface area contributed by atoms with Gasteiger partial charge in [-0.3, -0.25) is 0 Å². The maximum Gasteiger partial charge on any atom is 0.166 e. The van der Waals surface area contributed by atoms with Crippen LogP contribution >= 0.6 is 0 Å². The monoisotopic (exact) mass is 577 g/mol. The number of aryl methyl sites for hydroxylation is 1. The zero-order chi connectivity index (χ0) is 29.2. The molecule has 9 nitrogen and oxygen atoms in total. The minimum Gasteiger partial charge on any atom is -0.497 e. The lowest BCUT2D eigenvalue weighted by Gasteiger charge is -2.37. The van der Waals surface area contributed by atoms with Gasteiger partial charge in [0.05, 0.1) is 38.0 Å². The molecule has 3 aromatic carbocycles. The van der Waals surface area contributed by atoms with Crippen LogP contribution in [0.3, 0.4) is 0 Å². The van der Waals surface area contributed by atoms with Gasteiger partial charge in [0.15, 0.2) is 11.9 Å². The van der Waals surface area contributed by atoms with Crippen molar-refractivity contribution in [1.82, 2.24) is 19.7 Å². The minimum absolute atomic E-state index is 0.125. The third-order valence-electron chi connectivity index (χ3n) is 8.46. The summed E-state index contributed by atoms with van der Waals surface area (Å²) in [6.07, 6.45) is 4.81. The molecule has 1 fully saturated rings. The maximum absolute atomic E-state index is 7.09. The number of anilines is 1. The van der Waals surface area contributed by atoms with Crippen molar-refractivity contribution in [2.45, 2.75) is 43.6 Å². The standard InChI is InChI=1S/C34H35N5O4/c1-40-26-14-10-24(11-15-26)34(23-7-4-3-5-8-23,25-12-16-27(41-2)17-13-25)42-21-28-18-19-30(43-28)39-33-31-29(38-39)9-6-20-35-32(31)36-22-37-33/h3-5,7-8,10-17,22,28,30H,6,9,18-21H2,1-2H3,(H,35,36,37)/t28-,30+/m0/s1. The predicted octanol–water partition coefficient (Wildman–Crippen LogP) is 5.89. The van der Waals surface area contributed by atoms with E-state index < -0.39 is 5.60 Å². The van der Waals surface area contributed by atoms with Gasteiger partial charge in [-0.15, -0.1) is 0 Å². The lowest BCUT2D eigenvalue weighted by atomic mass is 9.80. The second-order valence-corrected chi connectivity index (χ2v) is 10.9. The Morgan fingerprint density at radius 1 is 0.860 bits per heavy atom. The summed E-state index contributed by atoms with van der Waals surface area (Å²) in [5.41, 5.74) is 3.96. The predicted molar refractivity (Wildman–Crippen MR) is 164 cm³/mol. The molecule has 9 heteroatoms. The summed E-state index contributed by atoms with van der Waals surface area (Å²) < 4.78 is 26.6. The Balaban J connectivity index is 1.22. The van der Waals surface area contributed by atoms with E-state index in [-0.39, 0.29) is 12.3 Å². The molecule has 5 aromatic rings. The van der Waals surface area contributed by atoms with Crippen LogP contribution < -0.4 is 14.8 Å². The van der Waals surface area contributed by atoms with Gasteiger partial charge in [0.2, 0.25) is 0 Å². The third-order valence-corrected chi connectivity index (χ3v) is 8.46. The Morgan fingerprint density at radius 3 is 2.21 bits per heavy atom. The number of hydrogen-bond acceptors (Lipinski definition) is 8. The number of methoxy groups -OCH3 is 2. The number of rotatable bonds is 9. The highest BCUT2D eigenvalue weighted by molar-refractivity contribution is 5.89. The molecule has 7 rings (SSSR count). The lowest BCUT2D eigenvalue weighted by Crippen LogP contribution is -2.35. The van der Waals surface area contributed by atoms with Crippen LogP contribution in [-0.4, -0.2) is 53.2 Å². The number of nitrogens with zero attached hydrogens (tertiary/aromatic N) is 4. The molecule has 43 heavy (non-hydrogen) atoms. The highest BCUT2D eigenvalue weighted by Crippen LogP contribution is 2.43. The quantitative estimate of drug-likeness (QED) is 0.217. The zero-order valence-corrected chi connectivity index (χ0v) is 24.4. The van der Waals surface area contributed by atoms with Crippen LogP contribution in [0.15, 0.2) is 85.2 Å². The molecule has 2 aliphatic heterocycles. The molecule has 0 radical (unpaired) electrons. The SMILES string of the molecule is COc1ccc(C(OC[C@@H]2CC[C@H](n3nc4c5c(ncnc53)NCCC4)O2)(c2ccccc2)c2ccc(OC)cc2)cc1. The van der Waals surface area contributed by atoms with Crippen molar-refractivity contribution in [2.75, 3.05) is 32.7 Å². The van der Waals surface area contributed by atoms with E-state index in [2.05, 4.69) is 51.7 Å². The third kappa shape index (κ3) is 4.98. The van der Waals surface area contributed by atoms with Gasteiger partial charge < -0.3 is 24.3 Å².